The Morgan fingerprint density at radius 3 is 2.20 bits per heavy atom. The van der Waals surface area contributed by atoms with Crippen LogP contribution in [0, 0.1) is 0 Å². The lowest BCUT2D eigenvalue weighted by Gasteiger charge is -2.10. The third-order valence-electron chi connectivity index (χ3n) is 4.63. The highest BCUT2D eigenvalue weighted by Gasteiger charge is 2.14. The Kier molecular flexibility index (Phi) is 8.38. The zero-order valence-electron chi connectivity index (χ0n) is 19.2. The summed E-state index contributed by atoms with van der Waals surface area (Å²) in [5, 5.41) is 6.23. The molecule has 2 N–H and O–H groups in total. The molecule has 35 heavy (non-hydrogen) atoms. The van der Waals surface area contributed by atoms with Crippen molar-refractivity contribution in [2.45, 2.75) is 0 Å². The summed E-state index contributed by atoms with van der Waals surface area (Å²) in [5.74, 6) is -0.789. The first-order valence-corrected chi connectivity index (χ1v) is 10.3. The van der Waals surface area contributed by atoms with Gasteiger partial charge in [0.25, 0.3) is 0 Å². The average Bonchev–Trinajstić information content (AvgIpc) is 2.89. The molecule has 2 amide bonds. The maximum atomic E-state index is 12.4. The molecule has 0 aromatic heterocycles. The molecule has 0 radical (unpaired) electrons. The van der Waals surface area contributed by atoms with Crippen molar-refractivity contribution in [2.24, 2.45) is 5.10 Å². The largest absolute Gasteiger partial charge is 0.497 e. The lowest BCUT2D eigenvalue weighted by atomic mass is 10.2. The molecule has 3 rings (SSSR count). The van der Waals surface area contributed by atoms with Gasteiger partial charge in [0.2, 0.25) is 0 Å². The molecule has 0 aliphatic carbocycles. The quantitative estimate of drug-likeness (QED) is 0.168. The van der Waals surface area contributed by atoms with E-state index in [0.29, 0.717) is 28.3 Å². The number of esters is 1. The Bertz CT molecular complexity index is 1240. The Morgan fingerprint density at radius 1 is 0.771 bits per heavy atom. The minimum absolute atomic E-state index is 0.201. The van der Waals surface area contributed by atoms with E-state index < -0.39 is 17.8 Å². The van der Waals surface area contributed by atoms with Crippen LogP contribution in [-0.2, 0) is 9.59 Å². The molecule has 0 spiro atoms. The van der Waals surface area contributed by atoms with E-state index in [1.165, 1.54) is 33.6 Å². The molecule has 0 heterocycles. The number of carbonyl (C=O) groups is 3. The Morgan fingerprint density at radius 2 is 1.51 bits per heavy atom. The van der Waals surface area contributed by atoms with Crippen LogP contribution in [0.5, 0.6) is 23.0 Å². The third kappa shape index (κ3) is 6.81. The van der Waals surface area contributed by atoms with E-state index >= 15 is 0 Å². The molecule has 0 unspecified atom stereocenters. The Labute approximate surface area is 201 Å². The zero-order valence-corrected chi connectivity index (χ0v) is 19.2. The van der Waals surface area contributed by atoms with Gasteiger partial charge in [0.1, 0.15) is 11.5 Å². The van der Waals surface area contributed by atoms with Gasteiger partial charge >= 0.3 is 17.8 Å². The molecular weight excluding hydrogens is 454 g/mol. The first-order valence-electron chi connectivity index (χ1n) is 10.3. The topological polar surface area (TPSA) is 125 Å². The maximum absolute atomic E-state index is 12.4. The van der Waals surface area contributed by atoms with Crippen molar-refractivity contribution in [1.29, 1.82) is 0 Å². The van der Waals surface area contributed by atoms with Crippen molar-refractivity contribution in [3.63, 3.8) is 0 Å². The van der Waals surface area contributed by atoms with Crippen LogP contribution in [0.4, 0.5) is 5.69 Å². The minimum Gasteiger partial charge on any atom is -0.497 e. The van der Waals surface area contributed by atoms with Gasteiger partial charge < -0.3 is 24.3 Å². The summed E-state index contributed by atoms with van der Waals surface area (Å²) in [5.41, 5.74) is 3.42. The van der Waals surface area contributed by atoms with Crippen molar-refractivity contribution in [2.75, 3.05) is 26.6 Å². The number of carbonyl (C=O) groups excluding carboxylic acids is 3. The van der Waals surface area contributed by atoms with E-state index in [1.807, 2.05) is 0 Å². The number of rotatable bonds is 8. The highest BCUT2D eigenvalue weighted by atomic mass is 16.6. The number of hydrazone groups is 1. The average molecular weight is 477 g/mol. The van der Waals surface area contributed by atoms with E-state index in [2.05, 4.69) is 15.8 Å². The number of amides is 2. The molecule has 3 aromatic rings. The van der Waals surface area contributed by atoms with Gasteiger partial charge in [-0.25, -0.2) is 10.2 Å². The molecule has 180 valence electrons. The van der Waals surface area contributed by atoms with Gasteiger partial charge in [-0.05, 0) is 60.2 Å². The molecule has 0 saturated heterocycles. The van der Waals surface area contributed by atoms with Gasteiger partial charge in [-0.1, -0.05) is 6.07 Å². The SMILES string of the molecule is COc1ccc(C(=O)Oc2ccc(/C=N/NC(=O)C(=O)Nc3cccc(OC)c3)cc2OC)cc1. The summed E-state index contributed by atoms with van der Waals surface area (Å²) < 4.78 is 20.9. The molecule has 0 aliphatic heterocycles. The van der Waals surface area contributed by atoms with Crippen molar-refractivity contribution < 1.29 is 33.3 Å². The van der Waals surface area contributed by atoms with E-state index in [9.17, 15) is 14.4 Å². The summed E-state index contributed by atoms with van der Waals surface area (Å²) in [6, 6.07) is 17.7. The molecule has 0 atom stereocenters. The summed E-state index contributed by atoms with van der Waals surface area (Å²) in [6.07, 6.45) is 1.31. The molecule has 0 aliphatic rings. The summed E-state index contributed by atoms with van der Waals surface area (Å²) in [4.78, 5) is 36.5. The molecular formula is C25H23N3O7. The van der Waals surface area contributed by atoms with Crippen LogP contribution in [0.15, 0.2) is 71.8 Å². The predicted octanol–water partition coefficient (Wildman–Crippen LogP) is 3.02. The van der Waals surface area contributed by atoms with Gasteiger partial charge in [-0.2, -0.15) is 5.10 Å². The number of hydrogen-bond acceptors (Lipinski definition) is 8. The second-order valence-electron chi connectivity index (χ2n) is 6.91. The van der Waals surface area contributed by atoms with Gasteiger partial charge in [0.15, 0.2) is 11.5 Å². The molecule has 10 nitrogen and oxygen atoms in total. The number of nitrogens with zero attached hydrogens (tertiary/aromatic N) is 1. The second kappa shape index (κ2) is 11.8. The van der Waals surface area contributed by atoms with Crippen molar-refractivity contribution in [1.82, 2.24) is 5.43 Å². The lowest BCUT2D eigenvalue weighted by Crippen LogP contribution is -2.32. The number of ether oxygens (including phenoxy) is 4. The van der Waals surface area contributed by atoms with Crippen molar-refractivity contribution in [3.8, 4) is 23.0 Å². The monoisotopic (exact) mass is 477 g/mol. The summed E-state index contributed by atoms with van der Waals surface area (Å²) in [7, 11) is 4.45. The van der Waals surface area contributed by atoms with E-state index in [0.717, 1.165) is 0 Å². The number of nitrogens with one attached hydrogen (secondary N) is 2. The summed E-state index contributed by atoms with van der Waals surface area (Å²) in [6.45, 7) is 0. The fourth-order valence-corrected chi connectivity index (χ4v) is 2.84. The summed E-state index contributed by atoms with van der Waals surface area (Å²) >= 11 is 0. The van der Waals surface area contributed by atoms with Crippen LogP contribution in [0.3, 0.4) is 0 Å². The second-order valence-corrected chi connectivity index (χ2v) is 6.91. The fraction of sp³-hybridized carbons (Fsp3) is 0.120. The normalized spacial score (nSPS) is 10.4. The number of hydrogen-bond donors (Lipinski definition) is 2. The molecule has 0 saturated carbocycles. The first-order chi connectivity index (χ1) is 16.9. The van der Waals surface area contributed by atoms with Crippen LogP contribution in [0.1, 0.15) is 15.9 Å². The molecule has 0 fully saturated rings. The number of anilines is 1. The van der Waals surface area contributed by atoms with E-state index in [-0.39, 0.29) is 11.5 Å². The van der Waals surface area contributed by atoms with Gasteiger partial charge in [-0.3, -0.25) is 9.59 Å². The number of benzene rings is 3. The van der Waals surface area contributed by atoms with Crippen LogP contribution in [0.2, 0.25) is 0 Å². The van der Waals surface area contributed by atoms with E-state index in [4.69, 9.17) is 18.9 Å². The number of methoxy groups -OCH3 is 3. The minimum atomic E-state index is -0.957. The predicted molar refractivity (Wildman–Crippen MR) is 128 cm³/mol. The maximum Gasteiger partial charge on any atom is 0.343 e. The van der Waals surface area contributed by atoms with Crippen LogP contribution >= 0.6 is 0 Å². The van der Waals surface area contributed by atoms with Crippen molar-refractivity contribution >= 4 is 29.7 Å². The molecule has 0 bridgehead atoms. The fourth-order valence-electron chi connectivity index (χ4n) is 2.84. The Balaban J connectivity index is 1.59. The lowest BCUT2D eigenvalue weighted by molar-refractivity contribution is -0.136. The van der Waals surface area contributed by atoms with Crippen LogP contribution < -0.4 is 29.7 Å². The molecule has 10 heteroatoms. The molecule has 3 aromatic carbocycles. The highest BCUT2D eigenvalue weighted by molar-refractivity contribution is 6.39. The first kappa shape index (κ1) is 24.8. The third-order valence-corrected chi connectivity index (χ3v) is 4.63. The highest BCUT2D eigenvalue weighted by Crippen LogP contribution is 2.28. The van der Waals surface area contributed by atoms with Gasteiger partial charge in [0, 0.05) is 11.8 Å². The van der Waals surface area contributed by atoms with Crippen molar-refractivity contribution in [3.05, 3.63) is 77.9 Å². The Hall–Kier alpha value is -4.86. The van der Waals surface area contributed by atoms with Crippen LogP contribution in [-0.4, -0.2) is 45.3 Å². The van der Waals surface area contributed by atoms with Gasteiger partial charge in [0.05, 0.1) is 33.1 Å². The van der Waals surface area contributed by atoms with E-state index in [1.54, 1.807) is 60.7 Å². The van der Waals surface area contributed by atoms with Crippen LogP contribution in [0.25, 0.3) is 0 Å². The standard InChI is InChI=1S/C25H23N3O7/c1-32-19-10-8-17(9-11-19)25(31)35-21-12-7-16(13-22(21)34-3)15-26-28-24(30)23(29)27-18-5-4-6-20(14-18)33-2/h4-15H,1-3H3,(H,27,29)(H,28,30)/b26-15+. The van der Waals surface area contributed by atoms with Gasteiger partial charge in [-0.15, -0.1) is 0 Å². The zero-order chi connectivity index (χ0) is 25.2. The smallest absolute Gasteiger partial charge is 0.343 e.